The van der Waals surface area contributed by atoms with Gasteiger partial charge < -0.3 is 10.0 Å². The lowest BCUT2D eigenvalue weighted by atomic mass is 9.99. The van der Waals surface area contributed by atoms with Gasteiger partial charge in [0.25, 0.3) is 0 Å². The fourth-order valence-corrected chi connectivity index (χ4v) is 3.48. The molecule has 1 aromatic rings. The average Bonchev–Trinajstić information content (AvgIpc) is 2.59. The van der Waals surface area contributed by atoms with E-state index >= 15 is 0 Å². The number of likely N-dealkylation sites (tertiary alicyclic amines) is 1. The number of carboxylic acids is 1. The van der Waals surface area contributed by atoms with E-state index in [9.17, 15) is 4.79 Å². The Bertz CT molecular complexity index is 417. The van der Waals surface area contributed by atoms with Gasteiger partial charge >= 0.3 is 5.97 Å². The SMILES string of the molecule is Cc1nc(C2CCCN(C)C2)sc1CC(=O)O. The molecule has 0 radical (unpaired) electrons. The van der Waals surface area contributed by atoms with Gasteiger partial charge in [0.15, 0.2) is 0 Å². The molecule has 94 valence electrons. The zero-order valence-corrected chi connectivity index (χ0v) is 11.1. The summed E-state index contributed by atoms with van der Waals surface area (Å²) in [6.07, 6.45) is 2.48. The Morgan fingerprint density at radius 1 is 1.65 bits per heavy atom. The van der Waals surface area contributed by atoms with Gasteiger partial charge in [-0.25, -0.2) is 4.98 Å². The lowest BCUT2D eigenvalue weighted by Crippen LogP contribution is -2.30. The zero-order valence-electron chi connectivity index (χ0n) is 10.3. The van der Waals surface area contributed by atoms with Crippen LogP contribution in [0.2, 0.25) is 0 Å². The van der Waals surface area contributed by atoms with E-state index in [1.165, 1.54) is 12.8 Å². The van der Waals surface area contributed by atoms with E-state index in [1.54, 1.807) is 11.3 Å². The van der Waals surface area contributed by atoms with Gasteiger partial charge in [0.2, 0.25) is 0 Å². The first kappa shape index (κ1) is 12.5. The molecule has 1 N–H and O–H groups in total. The topological polar surface area (TPSA) is 53.4 Å². The van der Waals surface area contributed by atoms with Gasteiger partial charge in [-0.3, -0.25) is 4.79 Å². The summed E-state index contributed by atoms with van der Waals surface area (Å²) in [6, 6.07) is 0. The minimum atomic E-state index is -0.774. The quantitative estimate of drug-likeness (QED) is 0.895. The second-order valence-corrected chi connectivity index (χ2v) is 5.85. The van der Waals surface area contributed by atoms with Gasteiger partial charge in [0.05, 0.1) is 17.1 Å². The fraction of sp³-hybridized carbons (Fsp3) is 0.667. The molecule has 0 aromatic carbocycles. The molecule has 0 saturated carbocycles. The second kappa shape index (κ2) is 5.14. The number of hydrogen-bond donors (Lipinski definition) is 1. The monoisotopic (exact) mass is 254 g/mol. The average molecular weight is 254 g/mol. The van der Waals surface area contributed by atoms with Gasteiger partial charge in [-0.2, -0.15) is 0 Å². The maximum Gasteiger partial charge on any atom is 0.308 e. The van der Waals surface area contributed by atoms with E-state index in [2.05, 4.69) is 16.9 Å². The highest BCUT2D eigenvalue weighted by Crippen LogP contribution is 2.31. The third-order valence-corrected chi connectivity index (χ3v) is 4.51. The molecule has 0 aliphatic carbocycles. The summed E-state index contributed by atoms with van der Waals surface area (Å²) in [6.45, 7) is 4.10. The molecule has 1 atom stereocenters. The fourth-order valence-electron chi connectivity index (χ4n) is 2.29. The van der Waals surface area contributed by atoms with Crippen LogP contribution in [0.3, 0.4) is 0 Å². The first-order chi connectivity index (χ1) is 8.06. The van der Waals surface area contributed by atoms with Crippen molar-refractivity contribution in [1.29, 1.82) is 0 Å². The van der Waals surface area contributed by atoms with Crippen LogP contribution in [0.25, 0.3) is 0 Å². The van der Waals surface area contributed by atoms with Gasteiger partial charge in [0, 0.05) is 17.3 Å². The summed E-state index contributed by atoms with van der Waals surface area (Å²) in [5.41, 5.74) is 0.889. The molecule has 17 heavy (non-hydrogen) atoms. The maximum atomic E-state index is 10.7. The predicted octanol–water partition coefficient (Wildman–Crippen LogP) is 1.89. The normalized spacial score (nSPS) is 21.6. The van der Waals surface area contributed by atoms with E-state index in [4.69, 9.17) is 5.11 Å². The molecule has 1 aliphatic rings. The smallest absolute Gasteiger partial charge is 0.308 e. The summed E-state index contributed by atoms with van der Waals surface area (Å²) in [4.78, 5) is 18.5. The maximum absolute atomic E-state index is 10.7. The largest absolute Gasteiger partial charge is 0.481 e. The Balaban J connectivity index is 2.13. The van der Waals surface area contributed by atoms with Crippen molar-refractivity contribution in [2.24, 2.45) is 0 Å². The number of carbonyl (C=O) groups is 1. The molecule has 5 heteroatoms. The minimum Gasteiger partial charge on any atom is -0.481 e. The molecule has 1 fully saturated rings. The van der Waals surface area contributed by atoms with E-state index in [0.717, 1.165) is 28.7 Å². The van der Waals surface area contributed by atoms with Crippen LogP contribution in [-0.4, -0.2) is 41.1 Å². The summed E-state index contributed by atoms with van der Waals surface area (Å²) in [7, 11) is 2.13. The van der Waals surface area contributed by atoms with Crippen LogP contribution >= 0.6 is 11.3 Å². The second-order valence-electron chi connectivity index (χ2n) is 4.73. The van der Waals surface area contributed by atoms with Crippen molar-refractivity contribution in [1.82, 2.24) is 9.88 Å². The van der Waals surface area contributed by atoms with Crippen molar-refractivity contribution in [3.8, 4) is 0 Å². The molecule has 1 aromatic heterocycles. The number of piperidine rings is 1. The summed E-state index contributed by atoms with van der Waals surface area (Å²) >= 11 is 1.58. The number of carboxylic acid groups (broad SMARTS) is 1. The first-order valence-electron chi connectivity index (χ1n) is 5.93. The number of aromatic nitrogens is 1. The van der Waals surface area contributed by atoms with Crippen molar-refractivity contribution in [3.05, 3.63) is 15.6 Å². The standard InChI is InChI=1S/C12H18N2O2S/c1-8-10(6-11(15)16)17-12(13-8)9-4-3-5-14(2)7-9/h9H,3-7H2,1-2H3,(H,15,16). The van der Waals surface area contributed by atoms with E-state index in [1.807, 2.05) is 6.92 Å². The molecule has 1 aliphatic heterocycles. The molecule has 4 nitrogen and oxygen atoms in total. The van der Waals surface area contributed by atoms with Crippen LogP contribution in [0.15, 0.2) is 0 Å². The molecular formula is C12H18N2O2S. The van der Waals surface area contributed by atoms with Gasteiger partial charge in [-0.05, 0) is 33.4 Å². The lowest BCUT2D eigenvalue weighted by Gasteiger charge is -2.28. The molecule has 1 saturated heterocycles. The number of rotatable bonds is 3. The molecular weight excluding hydrogens is 236 g/mol. The van der Waals surface area contributed by atoms with Crippen LogP contribution in [0.4, 0.5) is 0 Å². The third-order valence-electron chi connectivity index (χ3n) is 3.19. The van der Waals surface area contributed by atoms with E-state index < -0.39 is 5.97 Å². The van der Waals surface area contributed by atoms with Gasteiger partial charge in [-0.1, -0.05) is 0 Å². The van der Waals surface area contributed by atoms with Crippen molar-refractivity contribution < 1.29 is 9.90 Å². The molecule has 0 spiro atoms. The molecule has 2 heterocycles. The number of hydrogen-bond acceptors (Lipinski definition) is 4. The summed E-state index contributed by atoms with van der Waals surface area (Å²) in [5.74, 6) is -0.288. The predicted molar refractivity (Wildman–Crippen MR) is 67.7 cm³/mol. The number of likely N-dealkylation sites (N-methyl/N-ethyl adjacent to an activating group) is 1. The number of thiazole rings is 1. The van der Waals surface area contributed by atoms with Crippen molar-refractivity contribution in [2.45, 2.75) is 32.1 Å². The lowest BCUT2D eigenvalue weighted by molar-refractivity contribution is -0.136. The Kier molecular flexibility index (Phi) is 3.79. The molecule has 2 rings (SSSR count). The molecule has 0 amide bonds. The summed E-state index contributed by atoms with van der Waals surface area (Å²) in [5, 5.41) is 9.94. The first-order valence-corrected chi connectivity index (χ1v) is 6.74. The highest BCUT2D eigenvalue weighted by molar-refractivity contribution is 7.12. The van der Waals surface area contributed by atoms with Gasteiger partial charge in [0.1, 0.15) is 0 Å². The van der Waals surface area contributed by atoms with Gasteiger partial charge in [-0.15, -0.1) is 11.3 Å². The molecule has 1 unspecified atom stereocenters. The Morgan fingerprint density at radius 3 is 3.06 bits per heavy atom. The Labute approximate surface area is 105 Å². The highest BCUT2D eigenvalue weighted by atomic mass is 32.1. The van der Waals surface area contributed by atoms with Crippen molar-refractivity contribution >= 4 is 17.3 Å². The highest BCUT2D eigenvalue weighted by Gasteiger charge is 2.23. The van der Waals surface area contributed by atoms with Crippen LogP contribution in [-0.2, 0) is 11.2 Å². The van der Waals surface area contributed by atoms with Crippen LogP contribution < -0.4 is 0 Å². The van der Waals surface area contributed by atoms with Crippen LogP contribution in [0, 0.1) is 6.92 Å². The van der Waals surface area contributed by atoms with E-state index in [-0.39, 0.29) is 6.42 Å². The molecule has 0 bridgehead atoms. The van der Waals surface area contributed by atoms with E-state index in [0.29, 0.717) is 5.92 Å². The Morgan fingerprint density at radius 2 is 2.41 bits per heavy atom. The van der Waals surface area contributed by atoms with Crippen LogP contribution in [0.5, 0.6) is 0 Å². The third kappa shape index (κ3) is 3.04. The summed E-state index contributed by atoms with van der Waals surface area (Å²) < 4.78 is 0. The number of nitrogens with zero attached hydrogens (tertiary/aromatic N) is 2. The van der Waals surface area contributed by atoms with Crippen molar-refractivity contribution in [2.75, 3.05) is 20.1 Å². The minimum absolute atomic E-state index is 0.103. The van der Waals surface area contributed by atoms with Crippen molar-refractivity contribution in [3.63, 3.8) is 0 Å². The Hall–Kier alpha value is -0.940. The number of aryl methyl sites for hydroxylation is 1. The zero-order chi connectivity index (χ0) is 12.4. The van der Waals surface area contributed by atoms with Crippen LogP contribution in [0.1, 0.15) is 34.3 Å². The number of aliphatic carboxylic acids is 1.